The van der Waals surface area contributed by atoms with Crippen molar-refractivity contribution < 1.29 is 4.48 Å². The Morgan fingerprint density at radius 3 is 2.17 bits per heavy atom. The first-order valence-electron chi connectivity index (χ1n) is 2.73. The number of nitrogens with zero attached hydrogens (tertiary/aromatic N) is 1. The van der Waals surface area contributed by atoms with Crippen molar-refractivity contribution in [2.75, 3.05) is 19.6 Å². The van der Waals surface area contributed by atoms with Gasteiger partial charge in [0.05, 0.1) is 6.54 Å². The molecule has 0 bridgehead atoms. The van der Waals surface area contributed by atoms with Gasteiger partial charge in [0.25, 0.3) is 0 Å². The number of hydrogen-bond donors (Lipinski definition) is 0. The molecule has 0 aromatic carbocycles. The lowest BCUT2D eigenvalue weighted by molar-refractivity contribution is -0.699. The average Bonchev–Trinajstić information content (AvgIpc) is 2.12. The van der Waals surface area contributed by atoms with E-state index in [1.54, 1.807) is 0 Å². The fourth-order valence-electron chi connectivity index (χ4n) is 1.21. The topological polar surface area (TPSA) is 0 Å². The summed E-state index contributed by atoms with van der Waals surface area (Å²) in [6.45, 7) is 6.70. The van der Waals surface area contributed by atoms with Crippen LogP contribution in [0.15, 0.2) is 0 Å². The monoisotopic (exact) mass is 84.1 g/mol. The first-order chi connectivity index (χ1) is 2.87. The summed E-state index contributed by atoms with van der Waals surface area (Å²) < 4.78 is 1.49. The Morgan fingerprint density at radius 2 is 2.17 bits per heavy atom. The highest BCUT2D eigenvalue weighted by Gasteiger charge is 2.72. The van der Waals surface area contributed by atoms with Crippen molar-refractivity contribution in [2.45, 2.75) is 13.0 Å². The van der Waals surface area contributed by atoms with Gasteiger partial charge < -0.3 is 4.48 Å². The minimum atomic E-state index is 1.15. The van der Waals surface area contributed by atoms with Crippen molar-refractivity contribution in [1.29, 1.82) is 0 Å². The molecule has 0 unspecified atom stereocenters. The minimum Gasteiger partial charge on any atom is -0.302 e. The van der Waals surface area contributed by atoms with Gasteiger partial charge in [0.2, 0.25) is 0 Å². The fraction of sp³-hybridized carbons (Fsp3) is 1.00. The molecule has 0 N–H and O–H groups in total. The minimum absolute atomic E-state index is 1.15. The van der Waals surface area contributed by atoms with E-state index in [9.17, 15) is 0 Å². The Balaban J connectivity index is 2.10. The van der Waals surface area contributed by atoms with E-state index < -0.39 is 0 Å². The number of fused-ring (bicyclic) bond motifs is 1. The highest BCUT2D eigenvalue weighted by molar-refractivity contribution is 4.88. The highest BCUT2D eigenvalue weighted by Crippen LogP contribution is 2.46. The van der Waals surface area contributed by atoms with E-state index >= 15 is 0 Å². The van der Waals surface area contributed by atoms with Crippen LogP contribution < -0.4 is 0 Å². The fourth-order valence-corrected chi connectivity index (χ4v) is 1.21. The molecule has 0 saturated carbocycles. The second kappa shape index (κ2) is 0.544. The maximum Gasteiger partial charge on any atom is 0.188 e. The summed E-state index contributed by atoms with van der Waals surface area (Å²) in [6, 6.07) is 1.15. The molecule has 2 fully saturated rings. The zero-order valence-corrected chi connectivity index (χ0v) is 4.15. The molecule has 0 aromatic heterocycles. The molecule has 0 aromatic rings. The van der Waals surface area contributed by atoms with Gasteiger partial charge in [-0.15, -0.1) is 0 Å². The summed E-state index contributed by atoms with van der Waals surface area (Å²) in [7, 11) is 0. The summed E-state index contributed by atoms with van der Waals surface area (Å²) in [6.07, 6.45) is 0. The molecule has 0 radical (unpaired) electrons. The highest BCUT2D eigenvalue weighted by atomic mass is 15.6. The van der Waals surface area contributed by atoms with E-state index in [1.807, 2.05) is 0 Å². The van der Waals surface area contributed by atoms with Crippen LogP contribution in [0.25, 0.3) is 0 Å². The SMILES string of the molecule is CC[N+]12CC1C2. The maximum atomic E-state index is 2.28. The second-order valence-corrected chi connectivity index (χ2v) is 2.55. The summed E-state index contributed by atoms with van der Waals surface area (Å²) in [5.74, 6) is 0. The number of rotatable bonds is 1. The van der Waals surface area contributed by atoms with Crippen molar-refractivity contribution >= 4 is 0 Å². The molecule has 2 heterocycles. The number of quaternary nitrogens is 1. The van der Waals surface area contributed by atoms with Crippen LogP contribution in [0, 0.1) is 0 Å². The van der Waals surface area contributed by atoms with E-state index in [-0.39, 0.29) is 0 Å². The van der Waals surface area contributed by atoms with Crippen LogP contribution in [0.1, 0.15) is 6.92 Å². The predicted molar refractivity (Wildman–Crippen MR) is 24.3 cm³/mol. The zero-order chi connectivity index (χ0) is 4.20. The first-order valence-corrected chi connectivity index (χ1v) is 2.73. The molecule has 0 spiro atoms. The van der Waals surface area contributed by atoms with E-state index in [4.69, 9.17) is 0 Å². The number of likely N-dealkylation sites (N-methyl/N-ethyl adjacent to an activating group) is 1. The third-order valence-electron chi connectivity index (χ3n) is 2.29. The Labute approximate surface area is 38.2 Å². The standard InChI is InChI=1S/C5H10N/c1-2-6-3-5(6)4-6/h5H,2-4H2,1H3/q+1. The molecule has 1 heteroatoms. The Kier molecular flexibility index (Phi) is 0.274. The normalized spacial score (nSPS) is 60.5. The van der Waals surface area contributed by atoms with Crippen molar-refractivity contribution in [3.63, 3.8) is 0 Å². The lowest BCUT2D eigenvalue weighted by Crippen LogP contribution is -2.09. The van der Waals surface area contributed by atoms with Gasteiger partial charge in [0, 0.05) is 0 Å². The van der Waals surface area contributed by atoms with E-state index in [0.717, 1.165) is 6.04 Å². The molecular formula is C5H10N+. The summed E-state index contributed by atoms with van der Waals surface area (Å²) >= 11 is 0. The molecule has 1 nitrogen and oxygen atoms in total. The van der Waals surface area contributed by atoms with Crippen LogP contribution >= 0.6 is 0 Å². The van der Waals surface area contributed by atoms with Crippen molar-refractivity contribution in [3.05, 3.63) is 0 Å². The summed E-state index contributed by atoms with van der Waals surface area (Å²) in [5.41, 5.74) is 0. The van der Waals surface area contributed by atoms with E-state index in [2.05, 4.69) is 6.92 Å². The average molecular weight is 84.1 g/mol. The Morgan fingerprint density at radius 1 is 1.67 bits per heavy atom. The largest absolute Gasteiger partial charge is 0.302 e. The van der Waals surface area contributed by atoms with Gasteiger partial charge in [-0.1, -0.05) is 0 Å². The van der Waals surface area contributed by atoms with Gasteiger partial charge in [0.1, 0.15) is 13.1 Å². The van der Waals surface area contributed by atoms with E-state index in [0.29, 0.717) is 0 Å². The molecule has 2 rings (SSSR count). The lowest BCUT2D eigenvalue weighted by atomic mass is 10.5. The second-order valence-electron chi connectivity index (χ2n) is 2.55. The van der Waals surface area contributed by atoms with E-state index in [1.165, 1.54) is 24.1 Å². The molecule has 34 valence electrons. The predicted octanol–water partition coefficient (Wildman–Crippen LogP) is 0.219. The maximum absolute atomic E-state index is 2.28. The molecule has 2 saturated heterocycles. The van der Waals surface area contributed by atoms with Crippen LogP contribution in [0.5, 0.6) is 0 Å². The van der Waals surface area contributed by atoms with Gasteiger partial charge in [-0.25, -0.2) is 0 Å². The molecule has 0 amide bonds. The van der Waals surface area contributed by atoms with Gasteiger partial charge in [-0.2, -0.15) is 0 Å². The third-order valence-corrected chi connectivity index (χ3v) is 2.29. The van der Waals surface area contributed by atoms with Crippen LogP contribution in [0.3, 0.4) is 0 Å². The zero-order valence-electron chi connectivity index (χ0n) is 4.15. The molecule has 0 aliphatic carbocycles. The van der Waals surface area contributed by atoms with Crippen LogP contribution in [-0.2, 0) is 0 Å². The molecular weight excluding hydrogens is 74.1 g/mol. The van der Waals surface area contributed by atoms with Crippen molar-refractivity contribution in [3.8, 4) is 0 Å². The van der Waals surface area contributed by atoms with Crippen LogP contribution in [-0.4, -0.2) is 30.2 Å². The van der Waals surface area contributed by atoms with Gasteiger partial charge in [0.15, 0.2) is 6.04 Å². The van der Waals surface area contributed by atoms with Crippen LogP contribution in [0.2, 0.25) is 0 Å². The van der Waals surface area contributed by atoms with Crippen molar-refractivity contribution in [2.24, 2.45) is 0 Å². The summed E-state index contributed by atoms with van der Waals surface area (Å²) in [5, 5.41) is 0. The molecule has 0 atom stereocenters. The Bertz CT molecular complexity index is 81.9. The van der Waals surface area contributed by atoms with Gasteiger partial charge >= 0.3 is 0 Å². The molecule has 2 aliphatic heterocycles. The lowest BCUT2D eigenvalue weighted by Gasteiger charge is -1.94. The smallest absolute Gasteiger partial charge is 0.188 e. The summed E-state index contributed by atoms with van der Waals surface area (Å²) in [4.78, 5) is 0. The molecule has 6 heavy (non-hydrogen) atoms. The third kappa shape index (κ3) is 0.155. The van der Waals surface area contributed by atoms with Crippen molar-refractivity contribution in [1.82, 2.24) is 0 Å². The first kappa shape index (κ1) is 3.03. The van der Waals surface area contributed by atoms with Gasteiger partial charge in [-0.3, -0.25) is 0 Å². The van der Waals surface area contributed by atoms with Gasteiger partial charge in [-0.05, 0) is 6.92 Å². The Hall–Kier alpha value is -0.0400. The van der Waals surface area contributed by atoms with Crippen LogP contribution in [0.4, 0.5) is 0 Å². The number of hydrogen-bond acceptors (Lipinski definition) is 0. The molecule has 2 aliphatic rings. The quantitative estimate of drug-likeness (QED) is 0.315.